The first-order valence-corrected chi connectivity index (χ1v) is 8.42. The minimum atomic E-state index is -0.361. The lowest BCUT2D eigenvalue weighted by Gasteiger charge is -2.26. The number of thiazole rings is 1. The van der Waals surface area contributed by atoms with E-state index >= 15 is 0 Å². The summed E-state index contributed by atoms with van der Waals surface area (Å²) in [5.74, 6) is 0. The van der Waals surface area contributed by atoms with Gasteiger partial charge in [0.25, 0.3) is 0 Å². The molecule has 0 saturated carbocycles. The molecule has 1 saturated heterocycles. The maximum absolute atomic E-state index is 10.4. The molecule has 1 N–H and O–H groups in total. The molecule has 0 radical (unpaired) electrons. The predicted molar refractivity (Wildman–Crippen MR) is 86.3 cm³/mol. The predicted octanol–water partition coefficient (Wildman–Crippen LogP) is 3.54. The Hall–Kier alpha value is -1.23. The largest absolute Gasteiger partial charge is 0.388 e. The van der Waals surface area contributed by atoms with E-state index < -0.39 is 0 Å². The quantitative estimate of drug-likeness (QED) is 0.918. The van der Waals surface area contributed by atoms with E-state index in [1.807, 2.05) is 36.5 Å². The van der Waals surface area contributed by atoms with Gasteiger partial charge in [-0.15, -0.1) is 11.3 Å². The Kier molecular flexibility index (Phi) is 4.68. The van der Waals surface area contributed by atoms with E-state index in [1.165, 1.54) is 17.7 Å². The summed E-state index contributed by atoms with van der Waals surface area (Å²) in [6, 6.07) is 10.5. The summed E-state index contributed by atoms with van der Waals surface area (Å²) < 4.78 is 0. The monoisotopic (exact) mass is 302 g/mol. The van der Waals surface area contributed by atoms with Crippen LogP contribution in [0.1, 0.15) is 40.8 Å². The third-order valence-corrected chi connectivity index (χ3v) is 5.10. The van der Waals surface area contributed by atoms with Crippen molar-refractivity contribution in [1.29, 1.82) is 0 Å². The smallest absolute Gasteiger partial charge is 0.0897 e. The van der Waals surface area contributed by atoms with Crippen LogP contribution in [-0.4, -0.2) is 27.6 Å². The van der Waals surface area contributed by atoms with E-state index in [-0.39, 0.29) is 6.10 Å². The Morgan fingerprint density at radius 3 is 2.90 bits per heavy atom. The molecule has 2 heterocycles. The van der Waals surface area contributed by atoms with Crippen molar-refractivity contribution in [2.45, 2.75) is 44.9 Å². The van der Waals surface area contributed by atoms with Crippen molar-refractivity contribution in [3.63, 3.8) is 0 Å². The average molecular weight is 302 g/mol. The van der Waals surface area contributed by atoms with Gasteiger partial charge >= 0.3 is 0 Å². The molecular formula is C17H22N2OS. The fraction of sp³-hybridized carbons (Fsp3) is 0.471. The first kappa shape index (κ1) is 14.7. The van der Waals surface area contributed by atoms with E-state index in [9.17, 15) is 5.11 Å². The number of benzene rings is 1. The van der Waals surface area contributed by atoms with E-state index in [2.05, 4.69) is 16.8 Å². The lowest BCUT2D eigenvalue weighted by Crippen LogP contribution is -2.30. The Labute approximate surface area is 130 Å². The Morgan fingerprint density at radius 2 is 2.19 bits per heavy atom. The normalized spacial score (nSPS) is 20.8. The van der Waals surface area contributed by atoms with Crippen molar-refractivity contribution >= 4 is 11.3 Å². The number of aryl methyl sites for hydroxylation is 1. The SMILES string of the molecule is Cc1ncc(CN2CCCC2CC(O)c2ccccc2)s1. The van der Waals surface area contributed by atoms with Gasteiger partial charge in [-0.05, 0) is 38.3 Å². The van der Waals surface area contributed by atoms with Crippen molar-refractivity contribution in [2.24, 2.45) is 0 Å². The van der Waals surface area contributed by atoms with Crippen LogP contribution in [0, 0.1) is 6.92 Å². The molecule has 3 nitrogen and oxygen atoms in total. The third kappa shape index (κ3) is 3.70. The summed E-state index contributed by atoms with van der Waals surface area (Å²) in [4.78, 5) is 8.16. The lowest BCUT2D eigenvalue weighted by molar-refractivity contribution is 0.118. The van der Waals surface area contributed by atoms with Crippen LogP contribution in [0.3, 0.4) is 0 Å². The lowest BCUT2D eigenvalue weighted by atomic mass is 10.0. The third-order valence-electron chi connectivity index (χ3n) is 4.21. The first-order valence-electron chi connectivity index (χ1n) is 7.61. The van der Waals surface area contributed by atoms with Crippen LogP contribution in [0.15, 0.2) is 36.5 Å². The fourth-order valence-electron chi connectivity index (χ4n) is 3.12. The Morgan fingerprint density at radius 1 is 1.38 bits per heavy atom. The standard InChI is InChI=1S/C17H22N2OS/c1-13-18-11-16(21-13)12-19-9-5-8-15(19)10-17(20)14-6-3-2-4-7-14/h2-4,6-7,11,15,17,20H,5,8-10,12H2,1H3. The van der Waals surface area contributed by atoms with E-state index in [0.717, 1.165) is 30.1 Å². The molecule has 1 aromatic heterocycles. The van der Waals surface area contributed by atoms with Gasteiger partial charge < -0.3 is 5.11 Å². The van der Waals surface area contributed by atoms with Crippen molar-refractivity contribution in [1.82, 2.24) is 9.88 Å². The molecule has 0 bridgehead atoms. The van der Waals surface area contributed by atoms with Crippen LogP contribution in [-0.2, 0) is 6.54 Å². The molecule has 4 heteroatoms. The van der Waals surface area contributed by atoms with Gasteiger partial charge in [-0.1, -0.05) is 30.3 Å². The zero-order valence-electron chi connectivity index (χ0n) is 12.4. The fourth-order valence-corrected chi connectivity index (χ4v) is 3.94. The van der Waals surface area contributed by atoms with Gasteiger partial charge in [0.1, 0.15) is 0 Å². The molecule has 0 aliphatic carbocycles. The van der Waals surface area contributed by atoms with Gasteiger partial charge in [-0.2, -0.15) is 0 Å². The van der Waals surface area contributed by atoms with Crippen LogP contribution in [0.25, 0.3) is 0 Å². The van der Waals surface area contributed by atoms with Crippen LogP contribution in [0.2, 0.25) is 0 Å². The molecule has 3 rings (SSSR count). The summed E-state index contributed by atoms with van der Waals surface area (Å²) in [5, 5.41) is 11.6. The molecule has 21 heavy (non-hydrogen) atoms. The molecule has 2 aromatic rings. The number of aliphatic hydroxyl groups excluding tert-OH is 1. The minimum Gasteiger partial charge on any atom is -0.388 e. The highest BCUT2D eigenvalue weighted by atomic mass is 32.1. The van der Waals surface area contributed by atoms with Crippen molar-refractivity contribution in [3.8, 4) is 0 Å². The van der Waals surface area contributed by atoms with Gasteiger partial charge in [0, 0.05) is 23.7 Å². The number of aromatic nitrogens is 1. The number of nitrogens with zero attached hydrogens (tertiary/aromatic N) is 2. The molecule has 1 aliphatic rings. The van der Waals surface area contributed by atoms with Crippen LogP contribution < -0.4 is 0 Å². The molecule has 1 aromatic carbocycles. The molecule has 112 valence electrons. The van der Waals surface area contributed by atoms with Gasteiger partial charge in [-0.3, -0.25) is 4.90 Å². The van der Waals surface area contributed by atoms with Crippen LogP contribution in [0.4, 0.5) is 0 Å². The van der Waals surface area contributed by atoms with Crippen LogP contribution >= 0.6 is 11.3 Å². The maximum Gasteiger partial charge on any atom is 0.0897 e. The van der Waals surface area contributed by atoms with Gasteiger partial charge in [0.15, 0.2) is 0 Å². The Balaban J connectivity index is 1.61. The highest BCUT2D eigenvalue weighted by molar-refractivity contribution is 7.11. The first-order chi connectivity index (χ1) is 10.2. The summed E-state index contributed by atoms with van der Waals surface area (Å²) in [7, 11) is 0. The number of hydrogen-bond acceptors (Lipinski definition) is 4. The van der Waals surface area contributed by atoms with Crippen LogP contribution in [0.5, 0.6) is 0 Å². The molecule has 0 amide bonds. The van der Waals surface area contributed by atoms with Crippen molar-refractivity contribution < 1.29 is 5.11 Å². The maximum atomic E-state index is 10.4. The zero-order chi connectivity index (χ0) is 14.7. The number of aliphatic hydroxyl groups is 1. The van der Waals surface area contributed by atoms with Crippen molar-refractivity contribution in [2.75, 3.05) is 6.54 Å². The molecule has 2 atom stereocenters. The molecule has 1 aliphatic heterocycles. The number of hydrogen-bond donors (Lipinski definition) is 1. The Bertz CT molecular complexity index is 569. The molecule has 2 unspecified atom stereocenters. The topological polar surface area (TPSA) is 36.4 Å². The summed E-state index contributed by atoms with van der Waals surface area (Å²) in [6.07, 6.45) is 4.86. The second kappa shape index (κ2) is 6.69. The molecular weight excluding hydrogens is 280 g/mol. The van der Waals surface area contributed by atoms with Gasteiger partial charge in [0.2, 0.25) is 0 Å². The highest BCUT2D eigenvalue weighted by Crippen LogP contribution is 2.29. The summed E-state index contributed by atoms with van der Waals surface area (Å²) in [5.41, 5.74) is 1.03. The van der Waals surface area contributed by atoms with Gasteiger partial charge in [-0.25, -0.2) is 4.98 Å². The summed E-state index contributed by atoms with van der Waals surface area (Å²) in [6.45, 7) is 4.15. The molecule has 0 spiro atoms. The van der Waals surface area contributed by atoms with E-state index in [1.54, 1.807) is 11.3 Å². The van der Waals surface area contributed by atoms with Gasteiger partial charge in [0.05, 0.1) is 11.1 Å². The zero-order valence-corrected chi connectivity index (χ0v) is 13.2. The van der Waals surface area contributed by atoms with E-state index in [4.69, 9.17) is 0 Å². The number of rotatable bonds is 5. The minimum absolute atomic E-state index is 0.361. The van der Waals surface area contributed by atoms with E-state index in [0.29, 0.717) is 6.04 Å². The number of likely N-dealkylation sites (tertiary alicyclic amines) is 1. The second-order valence-electron chi connectivity index (χ2n) is 5.77. The van der Waals surface area contributed by atoms with Crippen molar-refractivity contribution in [3.05, 3.63) is 52.0 Å². The average Bonchev–Trinajstić information content (AvgIpc) is 3.10. The molecule has 1 fully saturated rings. The summed E-state index contributed by atoms with van der Waals surface area (Å²) >= 11 is 1.78. The highest BCUT2D eigenvalue weighted by Gasteiger charge is 2.27. The second-order valence-corrected chi connectivity index (χ2v) is 7.09.